The van der Waals surface area contributed by atoms with Gasteiger partial charge >= 0.3 is 0 Å². The Morgan fingerprint density at radius 1 is 1.25 bits per heavy atom. The number of alkyl halides is 2. The van der Waals surface area contributed by atoms with Crippen LogP contribution in [0.1, 0.15) is 25.3 Å². The molecule has 1 atom stereocenters. The van der Waals surface area contributed by atoms with E-state index >= 15 is 0 Å². The Balaban J connectivity index is 0.00000529. The molecule has 0 fully saturated rings. The maximum Gasteiger partial charge on any atom is 0.277 e. The van der Waals surface area contributed by atoms with Crippen molar-refractivity contribution in [3.8, 4) is 0 Å². The lowest BCUT2D eigenvalue weighted by molar-refractivity contribution is -0.129. The monoisotopic (exact) mass is 363 g/mol. The van der Waals surface area contributed by atoms with E-state index in [0.717, 1.165) is 5.56 Å². The fourth-order valence-electron chi connectivity index (χ4n) is 2.00. The number of hydrogen-bond acceptors (Lipinski definition) is 3. The number of nitrogens with two attached hydrogens (primary N) is 1. The quantitative estimate of drug-likeness (QED) is 0.623. The van der Waals surface area contributed by atoms with Gasteiger partial charge in [-0.2, -0.15) is 0 Å². The van der Waals surface area contributed by atoms with Crippen molar-refractivity contribution < 1.29 is 18.4 Å². The van der Waals surface area contributed by atoms with Crippen molar-refractivity contribution in [3.63, 3.8) is 0 Å². The van der Waals surface area contributed by atoms with Gasteiger partial charge < -0.3 is 16.4 Å². The van der Waals surface area contributed by atoms with Crippen molar-refractivity contribution >= 4 is 24.2 Å². The van der Waals surface area contributed by atoms with E-state index in [0.29, 0.717) is 12.8 Å². The topological polar surface area (TPSA) is 84.2 Å². The molecular formula is C16H24ClF2N3O2. The molecule has 0 bridgehead atoms. The molecule has 0 saturated heterocycles. The largest absolute Gasteiger partial charge is 0.348 e. The second-order valence-electron chi connectivity index (χ2n) is 5.35. The van der Waals surface area contributed by atoms with Crippen LogP contribution in [0.4, 0.5) is 8.78 Å². The van der Waals surface area contributed by atoms with Crippen molar-refractivity contribution in [1.29, 1.82) is 0 Å². The number of carbonyl (C=O) groups excluding carboxylic acids is 2. The van der Waals surface area contributed by atoms with Crippen LogP contribution < -0.4 is 16.4 Å². The predicted octanol–water partition coefficient (Wildman–Crippen LogP) is 1.65. The number of amides is 2. The lowest BCUT2D eigenvalue weighted by atomic mass is 10.1. The Morgan fingerprint density at radius 3 is 2.42 bits per heavy atom. The van der Waals surface area contributed by atoms with Crippen LogP contribution >= 0.6 is 12.4 Å². The van der Waals surface area contributed by atoms with Crippen molar-refractivity contribution in [2.45, 2.75) is 38.2 Å². The minimum Gasteiger partial charge on any atom is -0.348 e. The lowest BCUT2D eigenvalue weighted by Crippen LogP contribution is -2.50. The fraction of sp³-hybridized carbons (Fsp3) is 0.500. The van der Waals surface area contributed by atoms with Gasteiger partial charge in [0.15, 0.2) is 0 Å². The van der Waals surface area contributed by atoms with E-state index in [4.69, 9.17) is 5.73 Å². The molecule has 24 heavy (non-hydrogen) atoms. The summed E-state index contributed by atoms with van der Waals surface area (Å²) < 4.78 is 26.2. The van der Waals surface area contributed by atoms with Gasteiger partial charge in [0.2, 0.25) is 11.8 Å². The lowest BCUT2D eigenvalue weighted by Gasteiger charge is -2.20. The molecule has 1 aromatic rings. The molecule has 0 aliphatic carbocycles. The molecule has 4 N–H and O–H groups in total. The van der Waals surface area contributed by atoms with Crippen LogP contribution in [0, 0.1) is 0 Å². The predicted molar refractivity (Wildman–Crippen MR) is 91.2 cm³/mol. The molecule has 2 amide bonds. The summed E-state index contributed by atoms with van der Waals surface area (Å²) in [4.78, 5) is 24.0. The number of benzene rings is 1. The number of hydrogen-bond donors (Lipinski definition) is 3. The van der Waals surface area contributed by atoms with Gasteiger partial charge in [0, 0.05) is 0 Å². The van der Waals surface area contributed by atoms with Gasteiger partial charge in [-0.25, -0.2) is 8.78 Å². The molecule has 1 unspecified atom stereocenters. The van der Waals surface area contributed by atoms with Gasteiger partial charge in [0.25, 0.3) is 5.92 Å². The highest BCUT2D eigenvalue weighted by Gasteiger charge is 2.29. The summed E-state index contributed by atoms with van der Waals surface area (Å²) in [6.07, 6.45) is 1.14. The van der Waals surface area contributed by atoms with Crippen molar-refractivity contribution in [1.82, 2.24) is 10.6 Å². The molecule has 0 saturated carbocycles. The molecule has 0 spiro atoms. The zero-order valence-corrected chi connectivity index (χ0v) is 14.4. The second-order valence-corrected chi connectivity index (χ2v) is 5.35. The van der Waals surface area contributed by atoms with Gasteiger partial charge in [-0.1, -0.05) is 43.7 Å². The van der Waals surface area contributed by atoms with E-state index in [9.17, 15) is 18.4 Å². The number of halogens is 3. The Morgan fingerprint density at radius 2 is 1.88 bits per heavy atom. The molecule has 0 aliphatic rings. The van der Waals surface area contributed by atoms with E-state index in [1.807, 2.05) is 25.1 Å². The standard InChI is InChI=1S/C16H23F2N3O2.ClH/c1-2-6-13(15(23)20-11-16(17,18)10-19)21-14(22)9-12-7-4-3-5-8-12;/h3-5,7-8,13H,2,6,9-11,19H2,1H3,(H,20,23)(H,21,22);1H. The molecule has 0 radical (unpaired) electrons. The van der Waals surface area contributed by atoms with Crippen molar-refractivity contribution in [3.05, 3.63) is 35.9 Å². The molecule has 1 rings (SSSR count). The third-order valence-corrected chi connectivity index (χ3v) is 3.26. The highest BCUT2D eigenvalue weighted by Crippen LogP contribution is 2.09. The first-order valence-corrected chi connectivity index (χ1v) is 7.57. The normalized spacial score (nSPS) is 12.0. The van der Waals surface area contributed by atoms with Crippen LogP contribution in [0.25, 0.3) is 0 Å². The maximum atomic E-state index is 13.1. The first kappa shape index (κ1) is 22.3. The zero-order chi connectivity index (χ0) is 17.3. The van der Waals surface area contributed by atoms with Gasteiger partial charge in [-0.3, -0.25) is 9.59 Å². The number of nitrogens with one attached hydrogen (secondary N) is 2. The average molecular weight is 364 g/mol. The highest BCUT2D eigenvalue weighted by atomic mass is 35.5. The van der Waals surface area contributed by atoms with Crippen molar-refractivity contribution in [2.24, 2.45) is 5.73 Å². The van der Waals surface area contributed by atoms with E-state index in [1.165, 1.54) is 0 Å². The summed E-state index contributed by atoms with van der Waals surface area (Å²) in [5, 5.41) is 4.74. The first-order chi connectivity index (χ1) is 10.9. The Labute approximate surface area is 146 Å². The van der Waals surface area contributed by atoms with E-state index < -0.39 is 31.0 Å². The molecule has 5 nitrogen and oxygen atoms in total. The molecule has 0 heterocycles. The van der Waals surface area contributed by atoms with Gasteiger partial charge in [0.05, 0.1) is 19.5 Å². The second kappa shape index (κ2) is 10.9. The smallest absolute Gasteiger partial charge is 0.277 e. The van der Waals surface area contributed by atoms with Crippen LogP contribution in [0.15, 0.2) is 30.3 Å². The maximum absolute atomic E-state index is 13.1. The van der Waals surface area contributed by atoms with Crippen LogP contribution in [0.2, 0.25) is 0 Å². The van der Waals surface area contributed by atoms with Crippen LogP contribution in [0.5, 0.6) is 0 Å². The van der Waals surface area contributed by atoms with Gasteiger partial charge in [-0.15, -0.1) is 12.4 Å². The number of rotatable bonds is 9. The average Bonchev–Trinajstić information content (AvgIpc) is 2.53. The summed E-state index contributed by atoms with van der Waals surface area (Å²) in [7, 11) is 0. The van der Waals surface area contributed by atoms with Crippen LogP contribution in [0.3, 0.4) is 0 Å². The first-order valence-electron chi connectivity index (χ1n) is 7.57. The van der Waals surface area contributed by atoms with E-state index in [2.05, 4.69) is 10.6 Å². The SMILES string of the molecule is CCCC(NC(=O)Cc1ccccc1)C(=O)NCC(F)(F)CN.Cl. The van der Waals surface area contributed by atoms with Gasteiger partial charge in [0.1, 0.15) is 6.04 Å². The summed E-state index contributed by atoms with van der Waals surface area (Å²) in [6.45, 7) is 0.168. The Kier molecular flexibility index (Phi) is 10.1. The minimum absolute atomic E-state index is 0. The highest BCUT2D eigenvalue weighted by molar-refractivity contribution is 5.88. The Bertz CT molecular complexity index is 515. The van der Waals surface area contributed by atoms with Gasteiger partial charge in [-0.05, 0) is 12.0 Å². The van der Waals surface area contributed by atoms with Crippen LogP contribution in [-0.2, 0) is 16.0 Å². The third-order valence-electron chi connectivity index (χ3n) is 3.26. The van der Waals surface area contributed by atoms with Crippen molar-refractivity contribution in [2.75, 3.05) is 13.1 Å². The summed E-state index contributed by atoms with van der Waals surface area (Å²) >= 11 is 0. The molecule has 0 aromatic heterocycles. The van der Waals surface area contributed by atoms with Crippen LogP contribution in [-0.4, -0.2) is 36.9 Å². The zero-order valence-electron chi connectivity index (χ0n) is 13.6. The molecular weight excluding hydrogens is 340 g/mol. The minimum atomic E-state index is -3.15. The third kappa shape index (κ3) is 8.21. The summed E-state index contributed by atoms with van der Waals surface area (Å²) in [5.41, 5.74) is 5.74. The van der Waals surface area contributed by atoms with E-state index in [-0.39, 0.29) is 24.7 Å². The Hall–Kier alpha value is -1.73. The molecule has 8 heteroatoms. The molecule has 1 aromatic carbocycles. The molecule has 136 valence electrons. The van der Waals surface area contributed by atoms with E-state index in [1.54, 1.807) is 12.1 Å². The fourth-order valence-corrected chi connectivity index (χ4v) is 2.00. The molecule has 0 aliphatic heterocycles. The summed E-state index contributed by atoms with van der Waals surface area (Å²) in [6, 6.07) is 8.24. The number of carbonyl (C=O) groups is 2. The summed E-state index contributed by atoms with van der Waals surface area (Å²) in [5.74, 6) is -4.10.